The summed E-state index contributed by atoms with van der Waals surface area (Å²) in [6.45, 7) is -1.38. The van der Waals surface area contributed by atoms with Crippen molar-refractivity contribution in [1.29, 1.82) is 0 Å². The molecule has 1 unspecified atom stereocenters. The highest BCUT2D eigenvalue weighted by molar-refractivity contribution is 5.80. The smallest absolute Gasteiger partial charge is 0.413 e. The number of nitrogens with zero attached hydrogens (tertiary/aromatic N) is 1. The fourth-order valence-electron chi connectivity index (χ4n) is 4.26. The number of hydrogen-bond acceptors (Lipinski definition) is 3. The number of amides is 1. The van der Waals surface area contributed by atoms with Crippen molar-refractivity contribution in [2.24, 2.45) is 0 Å². The van der Waals surface area contributed by atoms with Gasteiger partial charge < -0.3 is 9.84 Å². The van der Waals surface area contributed by atoms with Crippen molar-refractivity contribution in [3.8, 4) is 11.1 Å². The van der Waals surface area contributed by atoms with Gasteiger partial charge in [0, 0.05) is 5.92 Å². The van der Waals surface area contributed by atoms with Crippen LogP contribution >= 0.6 is 0 Å². The Kier molecular flexibility index (Phi) is 6.09. The van der Waals surface area contributed by atoms with Crippen LogP contribution in [0, 0.1) is 0 Å². The lowest BCUT2D eigenvalue weighted by atomic mass is 9.98. The maximum absolute atomic E-state index is 14.0. The number of alkyl halides is 3. The highest BCUT2D eigenvalue weighted by Crippen LogP contribution is 2.45. The highest BCUT2D eigenvalue weighted by atomic mass is 19.4. The molecule has 0 aromatic heterocycles. The Balaban J connectivity index is 1.62. The first-order chi connectivity index (χ1) is 15.8. The first-order valence-electron chi connectivity index (χ1n) is 10.2. The van der Waals surface area contributed by atoms with Crippen molar-refractivity contribution in [3.05, 3.63) is 95.6 Å². The Bertz CT molecular complexity index is 1120. The summed E-state index contributed by atoms with van der Waals surface area (Å²) >= 11 is 0. The average Bonchev–Trinajstić information content (AvgIpc) is 3.10. The van der Waals surface area contributed by atoms with Gasteiger partial charge in [0.05, 0.1) is 0 Å². The van der Waals surface area contributed by atoms with Crippen molar-refractivity contribution in [1.82, 2.24) is 4.90 Å². The van der Waals surface area contributed by atoms with Gasteiger partial charge in [-0.2, -0.15) is 13.2 Å². The fraction of sp³-hybridized carbons (Fsp3) is 0.200. The van der Waals surface area contributed by atoms with E-state index in [2.05, 4.69) is 0 Å². The lowest BCUT2D eigenvalue weighted by Crippen LogP contribution is -2.45. The molecule has 1 aliphatic rings. The number of carbonyl (C=O) groups is 2. The molecule has 0 saturated carbocycles. The first kappa shape index (κ1) is 22.4. The maximum atomic E-state index is 14.0. The van der Waals surface area contributed by atoms with E-state index in [4.69, 9.17) is 4.74 Å². The van der Waals surface area contributed by atoms with Gasteiger partial charge >= 0.3 is 18.2 Å². The van der Waals surface area contributed by atoms with Crippen molar-refractivity contribution in [2.45, 2.75) is 18.1 Å². The quantitative estimate of drug-likeness (QED) is 0.524. The van der Waals surface area contributed by atoms with Crippen LogP contribution in [0.15, 0.2) is 78.9 Å². The minimum atomic E-state index is -4.90. The molecular formula is C25H20F3NO4. The van der Waals surface area contributed by atoms with Gasteiger partial charge in [0.15, 0.2) is 6.04 Å². The Labute approximate surface area is 188 Å². The van der Waals surface area contributed by atoms with E-state index in [0.29, 0.717) is 0 Å². The standard InChI is InChI=1S/C25H20F3NO4/c26-25(27,28)23(16-8-2-1-3-9-16)29(14-22(30)31)24(32)33-15-21-19-12-6-4-10-17(19)18-11-5-7-13-20(18)21/h1-13,21,23H,14-15H2,(H,30,31). The summed E-state index contributed by atoms with van der Waals surface area (Å²) in [7, 11) is 0. The molecule has 1 atom stereocenters. The van der Waals surface area contributed by atoms with Crippen LogP contribution in [0.5, 0.6) is 0 Å². The summed E-state index contributed by atoms with van der Waals surface area (Å²) in [6.07, 6.45) is -6.24. The molecule has 0 bridgehead atoms. The van der Waals surface area contributed by atoms with Gasteiger partial charge in [-0.25, -0.2) is 4.79 Å². The molecule has 1 aliphatic carbocycles. The molecule has 33 heavy (non-hydrogen) atoms. The molecule has 5 nitrogen and oxygen atoms in total. The predicted octanol–water partition coefficient (Wildman–Crippen LogP) is 5.63. The fourth-order valence-corrected chi connectivity index (χ4v) is 4.26. The number of carboxylic acids is 1. The highest BCUT2D eigenvalue weighted by Gasteiger charge is 2.48. The van der Waals surface area contributed by atoms with Crippen LogP contribution in [0.25, 0.3) is 11.1 Å². The third-order valence-electron chi connectivity index (χ3n) is 5.61. The molecule has 4 rings (SSSR count). The molecule has 3 aromatic rings. The van der Waals surface area contributed by atoms with Gasteiger partial charge in [0.2, 0.25) is 0 Å². The minimum absolute atomic E-state index is 0.213. The molecule has 0 radical (unpaired) electrons. The van der Waals surface area contributed by atoms with E-state index in [1.54, 1.807) is 0 Å². The second-order valence-corrected chi connectivity index (χ2v) is 7.68. The number of halogens is 3. The van der Waals surface area contributed by atoms with E-state index in [1.807, 2.05) is 48.5 Å². The lowest BCUT2D eigenvalue weighted by Gasteiger charge is -2.32. The number of ether oxygens (including phenoxy) is 1. The summed E-state index contributed by atoms with van der Waals surface area (Å²) in [5.74, 6) is -1.94. The molecule has 0 aliphatic heterocycles. The predicted molar refractivity (Wildman–Crippen MR) is 115 cm³/mol. The lowest BCUT2D eigenvalue weighted by molar-refractivity contribution is -0.184. The van der Waals surface area contributed by atoms with E-state index in [-0.39, 0.29) is 23.0 Å². The SMILES string of the molecule is O=C(O)CN(C(=O)OCC1c2ccccc2-c2ccccc21)C(c1ccccc1)C(F)(F)F. The molecule has 8 heteroatoms. The average molecular weight is 455 g/mol. The molecule has 170 valence electrons. The molecule has 1 N–H and O–H groups in total. The summed E-state index contributed by atoms with van der Waals surface area (Å²) in [5, 5.41) is 9.22. The van der Waals surface area contributed by atoms with Crippen molar-refractivity contribution in [3.63, 3.8) is 0 Å². The van der Waals surface area contributed by atoms with E-state index in [0.717, 1.165) is 22.3 Å². The molecule has 0 heterocycles. The zero-order chi connectivity index (χ0) is 23.6. The second kappa shape index (κ2) is 8.97. The first-order valence-corrected chi connectivity index (χ1v) is 10.2. The van der Waals surface area contributed by atoms with E-state index >= 15 is 0 Å². The number of carboxylic acid groups (broad SMARTS) is 1. The Morgan fingerprint density at radius 1 is 0.879 bits per heavy atom. The third-order valence-corrected chi connectivity index (χ3v) is 5.61. The zero-order valence-corrected chi connectivity index (χ0v) is 17.3. The number of benzene rings is 3. The van der Waals surface area contributed by atoms with Crippen LogP contribution in [0.4, 0.5) is 18.0 Å². The third kappa shape index (κ3) is 4.55. The molecule has 0 fully saturated rings. The number of hydrogen-bond donors (Lipinski definition) is 1. The number of aliphatic carboxylic acids is 1. The summed E-state index contributed by atoms with van der Waals surface area (Å²) in [4.78, 5) is 24.4. The molecule has 0 saturated heterocycles. The van der Waals surface area contributed by atoms with Crippen LogP contribution in [0.2, 0.25) is 0 Å². The number of rotatable bonds is 6. The van der Waals surface area contributed by atoms with Gasteiger partial charge in [-0.1, -0.05) is 78.9 Å². The van der Waals surface area contributed by atoms with Crippen LogP contribution in [-0.2, 0) is 9.53 Å². The Hall–Kier alpha value is -3.81. The van der Waals surface area contributed by atoms with Gasteiger partial charge in [0.1, 0.15) is 13.2 Å². The van der Waals surface area contributed by atoms with Crippen molar-refractivity contribution >= 4 is 12.1 Å². The topological polar surface area (TPSA) is 66.8 Å². The summed E-state index contributed by atoms with van der Waals surface area (Å²) < 4.78 is 47.2. The molecule has 3 aromatic carbocycles. The van der Waals surface area contributed by atoms with Gasteiger partial charge in [0.25, 0.3) is 0 Å². The van der Waals surface area contributed by atoms with Crippen LogP contribution < -0.4 is 0 Å². The molecule has 1 amide bonds. The van der Waals surface area contributed by atoms with Crippen LogP contribution in [0.1, 0.15) is 28.7 Å². The monoisotopic (exact) mass is 455 g/mol. The van der Waals surface area contributed by atoms with Gasteiger partial charge in [-0.05, 0) is 27.8 Å². The van der Waals surface area contributed by atoms with Crippen LogP contribution in [0.3, 0.4) is 0 Å². The Morgan fingerprint density at radius 2 is 1.39 bits per heavy atom. The molecule has 0 spiro atoms. The largest absolute Gasteiger partial charge is 0.480 e. The Morgan fingerprint density at radius 3 is 1.91 bits per heavy atom. The van der Waals surface area contributed by atoms with Crippen molar-refractivity contribution in [2.75, 3.05) is 13.2 Å². The summed E-state index contributed by atoms with van der Waals surface area (Å²) in [5.41, 5.74) is 3.47. The van der Waals surface area contributed by atoms with E-state index < -0.39 is 30.8 Å². The number of fused-ring (bicyclic) bond motifs is 3. The number of carbonyl (C=O) groups excluding carboxylic acids is 1. The maximum Gasteiger partial charge on any atom is 0.413 e. The zero-order valence-electron chi connectivity index (χ0n) is 17.3. The minimum Gasteiger partial charge on any atom is -0.480 e. The van der Waals surface area contributed by atoms with Crippen LogP contribution in [-0.4, -0.2) is 41.4 Å². The van der Waals surface area contributed by atoms with E-state index in [1.165, 1.54) is 30.3 Å². The molecular weight excluding hydrogens is 435 g/mol. The van der Waals surface area contributed by atoms with Gasteiger partial charge in [-0.3, -0.25) is 9.69 Å². The van der Waals surface area contributed by atoms with Gasteiger partial charge in [-0.15, -0.1) is 0 Å². The summed E-state index contributed by atoms with van der Waals surface area (Å²) in [6, 6.07) is 19.3. The van der Waals surface area contributed by atoms with Crippen molar-refractivity contribution < 1.29 is 32.6 Å². The van der Waals surface area contributed by atoms with E-state index in [9.17, 15) is 27.9 Å². The normalized spacial score (nSPS) is 13.7. The second-order valence-electron chi connectivity index (χ2n) is 7.68.